The summed E-state index contributed by atoms with van der Waals surface area (Å²) in [5.74, 6) is 1.49. The normalized spacial score (nSPS) is 16.4. The van der Waals surface area contributed by atoms with E-state index < -0.39 is 0 Å². The number of anilines is 1. The first kappa shape index (κ1) is 23.8. The SMILES string of the molecule is C=C(C#N)CNC1CC2(C1)CN(c1ncncc1Oc1ccc(F)cc1-c1cncnc1C(C)C)C2. The summed E-state index contributed by atoms with van der Waals surface area (Å²) in [6.45, 7) is 10.1. The number of nitrogens with one attached hydrogen (secondary N) is 1. The molecule has 1 spiro atoms. The van der Waals surface area contributed by atoms with Crippen molar-refractivity contribution in [3.05, 3.63) is 66.9 Å². The van der Waals surface area contributed by atoms with Crippen LogP contribution in [0.1, 0.15) is 38.3 Å². The first-order valence-electron chi connectivity index (χ1n) is 12.0. The van der Waals surface area contributed by atoms with Crippen molar-refractivity contribution in [2.45, 2.75) is 38.6 Å². The van der Waals surface area contributed by atoms with E-state index in [-0.39, 0.29) is 17.2 Å². The van der Waals surface area contributed by atoms with Gasteiger partial charge in [-0.1, -0.05) is 20.4 Å². The lowest BCUT2D eigenvalue weighted by Crippen LogP contribution is -2.66. The summed E-state index contributed by atoms with van der Waals surface area (Å²) < 4.78 is 20.6. The Morgan fingerprint density at radius 3 is 2.69 bits per heavy atom. The van der Waals surface area contributed by atoms with Gasteiger partial charge in [0.15, 0.2) is 11.6 Å². The molecule has 2 aromatic heterocycles. The van der Waals surface area contributed by atoms with Crippen LogP contribution in [0.2, 0.25) is 0 Å². The Balaban J connectivity index is 1.33. The van der Waals surface area contributed by atoms with Crippen LogP contribution in [0.4, 0.5) is 10.2 Å². The summed E-state index contributed by atoms with van der Waals surface area (Å²) >= 11 is 0. The fraction of sp³-hybridized carbons (Fsp3) is 0.370. The smallest absolute Gasteiger partial charge is 0.188 e. The molecule has 0 atom stereocenters. The first-order valence-corrected chi connectivity index (χ1v) is 12.0. The van der Waals surface area contributed by atoms with Crippen molar-refractivity contribution < 1.29 is 9.13 Å². The van der Waals surface area contributed by atoms with Gasteiger partial charge >= 0.3 is 0 Å². The van der Waals surface area contributed by atoms with Crippen molar-refractivity contribution in [3.8, 4) is 28.7 Å². The van der Waals surface area contributed by atoms with Gasteiger partial charge in [0.05, 0.1) is 18.0 Å². The molecule has 1 saturated carbocycles. The molecule has 0 amide bonds. The highest BCUT2D eigenvalue weighted by Gasteiger charge is 2.53. The molecule has 0 bridgehead atoms. The zero-order valence-corrected chi connectivity index (χ0v) is 20.4. The highest BCUT2D eigenvalue weighted by molar-refractivity contribution is 5.73. The van der Waals surface area contributed by atoms with Crippen molar-refractivity contribution in [2.75, 3.05) is 24.5 Å². The number of halogens is 1. The molecule has 9 heteroatoms. The highest BCUT2D eigenvalue weighted by Crippen LogP contribution is 2.51. The average molecular weight is 486 g/mol. The van der Waals surface area contributed by atoms with E-state index >= 15 is 0 Å². The Morgan fingerprint density at radius 1 is 1.19 bits per heavy atom. The number of nitriles is 1. The topological polar surface area (TPSA) is 99.9 Å². The van der Waals surface area contributed by atoms with E-state index in [4.69, 9.17) is 10.00 Å². The molecule has 1 saturated heterocycles. The Kier molecular flexibility index (Phi) is 6.37. The number of aromatic nitrogens is 4. The van der Waals surface area contributed by atoms with Gasteiger partial charge in [0, 0.05) is 54.0 Å². The second-order valence-electron chi connectivity index (χ2n) is 9.99. The minimum absolute atomic E-state index is 0.130. The Bertz CT molecular complexity index is 1320. The van der Waals surface area contributed by atoms with Crippen LogP contribution in [0.5, 0.6) is 11.5 Å². The van der Waals surface area contributed by atoms with Gasteiger partial charge in [0.1, 0.15) is 24.2 Å². The van der Waals surface area contributed by atoms with Gasteiger partial charge in [0.2, 0.25) is 0 Å². The lowest BCUT2D eigenvalue weighted by atomic mass is 9.60. The molecule has 1 aromatic carbocycles. The highest BCUT2D eigenvalue weighted by atomic mass is 19.1. The minimum Gasteiger partial charge on any atom is -0.451 e. The second kappa shape index (κ2) is 9.63. The van der Waals surface area contributed by atoms with E-state index in [9.17, 15) is 4.39 Å². The second-order valence-corrected chi connectivity index (χ2v) is 9.99. The van der Waals surface area contributed by atoms with Gasteiger partial charge in [-0.25, -0.2) is 24.3 Å². The van der Waals surface area contributed by atoms with Crippen LogP contribution >= 0.6 is 0 Å². The number of benzene rings is 1. The number of ether oxygens (including phenoxy) is 1. The van der Waals surface area contributed by atoms with Gasteiger partial charge in [-0.15, -0.1) is 0 Å². The molecule has 184 valence electrons. The molecule has 0 radical (unpaired) electrons. The fourth-order valence-corrected chi connectivity index (χ4v) is 5.16. The molecular weight excluding hydrogens is 457 g/mol. The zero-order chi connectivity index (χ0) is 25.3. The van der Waals surface area contributed by atoms with Gasteiger partial charge in [0.25, 0.3) is 0 Å². The van der Waals surface area contributed by atoms with Gasteiger partial charge < -0.3 is 15.0 Å². The van der Waals surface area contributed by atoms with E-state index in [1.165, 1.54) is 24.8 Å². The van der Waals surface area contributed by atoms with Crippen molar-refractivity contribution in [1.29, 1.82) is 5.26 Å². The van der Waals surface area contributed by atoms with Crippen molar-refractivity contribution >= 4 is 5.82 Å². The van der Waals surface area contributed by atoms with Gasteiger partial charge in [-0.2, -0.15) is 5.26 Å². The first-order chi connectivity index (χ1) is 17.4. The third-order valence-electron chi connectivity index (χ3n) is 6.87. The van der Waals surface area contributed by atoms with E-state index in [0.29, 0.717) is 41.0 Å². The zero-order valence-electron chi connectivity index (χ0n) is 20.4. The number of hydrogen-bond acceptors (Lipinski definition) is 8. The Morgan fingerprint density at radius 2 is 1.94 bits per heavy atom. The molecule has 36 heavy (non-hydrogen) atoms. The van der Waals surface area contributed by atoms with Crippen LogP contribution in [0.25, 0.3) is 11.1 Å². The van der Waals surface area contributed by atoms with Crippen LogP contribution in [0.15, 0.2) is 55.4 Å². The maximum Gasteiger partial charge on any atom is 0.188 e. The van der Waals surface area contributed by atoms with Crippen molar-refractivity contribution in [1.82, 2.24) is 25.3 Å². The lowest BCUT2D eigenvalue weighted by molar-refractivity contribution is 0.0491. The molecule has 8 nitrogen and oxygen atoms in total. The Labute approximate surface area is 209 Å². The largest absolute Gasteiger partial charge is 0.451 e. The van der Waals surface area contributed by atoms with E-state index in [1.807, 2.05) is 13.8 Å². The summed E-state index contributed by atoms with van der Waals surface area (Å²) in [4.78, 5) is 19.5. The van der Waals surface area contributed by atoms with E-state index in [1.54, 1.807) is 18.5 Å². The number of nitrogens with zero attached hydrogens (tertiary/aromatic N) is 6. The molecule has 5 rings (SSSR count). The van der Waals surface area contributed by atoms with Crippen molar-refractivity contribution in [2.24, 2.45) is 5.41 Å². The summed E-state index contributed by atoms with van der Waals surface area (Å²) in [7, 11) is 0. The standard InChI is InChI=1S/C27H28FN7O/c1-17(2)25-22(11-30-15-33-25)21-6-19(28)4-5-23(21)36-24-12-31-16-34-26(24)35-13-27(14-35)7-20(8-27)32-10-18(3)9-29/h4-6,11-12,15-17,20,32H,3,7-8,10,13-14H2,1-2H3. The Hall–Kier alpha value is -3.90. The molecule has 1 aliphatic heterocycles. The molecule has 2 fully saturated rings. The fourth-order valence-electron chi connectivity index (χ4n) is 5.16. The summed E-state index contributed by atoms with van der Waals surface area (Å²) in [5, 5.41) is 12.3. The predicted molar refractivity (Wildman–Crippen MR) is 134 cm³/mol. The average Bonchev–Trinajstić information content (AvgIpc) is 2.83. The predicted octanol–water partition coefficient (Wildman–Crippen LogP) is 4.63. The molecule has 3 aromatic rings. The van der Waals surface area contributed by atoms with Crippen LogP contribution < -0.4 is 15.0 Å². The van der Waals surface area contributed by atoms with Crippen molar-refractivity contribution in [3.63, 3.8) is 0 Å². The summed E-state index contributed by atoms with van der Waals surface area (Å²) in [6, 6.07) is 6.93. The molecule has 1 N–H and O–H groups in total. The third kappa shape index (κ3) is 4.64. The quantitative estimate of drug-likeness (QED) is 0.461. The van der Waals surface area contributed by atoms with Crippen LogP contribution in [-0.2, 0) is 0 Å². The molecule has 1 aliphatic carbocycles. The number of hydrogen-bond donors (Lipinski definition) is 1. The summed E-state index contributed by atoms with van der Waals surface area (Å²) in [6.07, 6.45) is 8.46. The third-order valence-corrected chi connectivity index (χ3v) is 6.87. The lowest BCUT2D eigenvalue weighted by Gasteiger charge is -2.59. The summed E-state index contributed by atoms with van der Waals surface area (Å²) in [5.41, 5.74) is 2.94. The molecule has 3 heterocycles. The molecular formula is C27H28FN7O. The van der Waals surface area contributed by atoms with Crippen LogP contribution in [0.3, 0.4) is 0 Å². The maximum absolute atomic E-state index is 14.3. The monoisotopic (exact) mass is 485 g/mol. The van der Waals surface area contributed by atoms with Gasteiger partial charge in [-0.3, -0.25) is 0 Å². The van der Waals surface area contributed by atoms with E-state index in [0.717, 1.165) is 37.2 Å². The van der Waals surface area contributed by atoms with E-state index in [2.05, 4.69) is 42.8 Å². The van der Waals surface area contributed by atoms with Crippen LogP contribution in [0, 0.1) is 22.6 Å². The molecule has 0 unspecified atom stereocenters. The number of rotatable bonds is 8. The minimum atomic E-state index is -0.364. The van der Waals surface area contributed by atoms with Crippen LogP contribution in [-0.4, -0.2) is 45.6 Å². The maximum atomic E-state index is 14.3. The van der Waals surface area contributed by atoms with Gasteiger partial charge in [-0.05, 0) is 37.0 Å². The molecule has 2 aliphatic rings.